The van der Waals surface area contributed by atoms with Crippen molar-refractivity contribution in [2.75, 3.05) is 14.2 Å². The largest absolute Gasteiger partial charge is 0.496 e. The van der Waals surface area contributed by atoms with Crippen LogP contribution in [0, 0.1) is 5.82 Å². The molecule has 0 aliphatic rings. The maximum atomic E-state index is 13.2. The molecule has 0 saturated heterocycles. The Labute approximate surface area is 126 Å². The van der Waals surface area contributed by atoms with Crippen LogP contribution in [0.25, 0.3) is 0 Å². The number of rotatable bonds is 5. The van der Waals surface area contributed by atoms with Crippen LogP contribution in [0.5, 0.6) is 11.5 Å². The first-order valence-corrected chi connectivity index (χ1v) is 7.16. The zero-order valence-corrected chi connectivity index (χ0v) is 13.0. The molecule has 4 heteroatoms. The predicted octanol–water partition coefficient (Wildman–Crippen LogP) is 4.52. The Hall–Kier alpha value is -1.55. The predicted molar refractivity (Wildman–Crippen MR) is 81.3 cm³/mol. The normalized spacial score (nSPS) is 12.0. The third-order valence-electron chi connectivity index (χ3n) is 3.08. The van der Waals surface area contributed by atoms with Crippen LogP contribution in [0.15, 0.2) is 42.5 Å². The van der Waals surface area contributed by atoms with Crippen molar-refractivity contribution in [3.05, 3.63) is 59.4 Å². The Morgan fingerprint density at radius 2 is 1.65 bits per heavy atom. The Morgan fingerprint density at radius 3 is 2.20 bits per heavy atom. The smallest absolute Gasteiger partial charge is 0.126 e. The van der Waals surface area contributed by atoms with Crippen LogP contribution in [-0.2, 0) is 6.42 Å². The lowest BCUT2D eigenvalue weighted by molar-refractivity contribution is 0.385. The molecule has 2 aromatic carbocycles. The van der Waals surface area contributed by atoms with Gasteiger partial charge in [0.25, 0.3) is 0 Å². The lowest BCUT2D eigenvalue weighted by atomic mass is 10.0. The molecule has 0 amide bonds. The minimum atomic E-state index is -0.228. The summed E-state index contributed by atoms with van der Waals surface area (Å²) in [7, 11) is 3.25. The maximum absolute atomic E-state index is 13.2. The van der Waals surface area contributed by atoms with Gasteiger partial charge in [-0.15, -0.1) is 0 Å². The molecule has 0 aliphatic carbocycles. The molecule has 0 aliphatic heterocycles. The molecule has 1 atom stereocenters. The summed E-state index contributed by atoms with van der Waals surface area (Å²) in [6.07, 6.45) is 0.647. The van der Waals surface area contributed by atoms with Gasteiger partial charge in [0.05, 0.1) is 24.6 Å². The Balaban J connectivity index is 2.31. The molecule has 0 bridgehead atoms. The van der Waals surface area contributed by atoms with E-state index in [1.807, 2.05) is 24.3 Å². The van der Waals surface area contributed by atoms with Gasteiger partial charge in [-0.05, 0) is 36.2 Å². The fourth-order valence-corrected chi connectivity index (χ4v) is 2.99. The number of halogens is 2. The van der Waals surface area contributed by atoms with Crippen molar-refractivity contribution in [2.24, 2.45) is 0 Å². The molecule has 20 heavy (non-hydrogen) atoms. The van der Waals surface area contributed by atoms with Crippen LogP contribution < -0.4 is 9.47 Å². The fourth-order valence-electron chi connectivity index (χ4n) is 2.16. The average Bonchev–Trinajstić information content (AvgIpc) is 2.46. The summed E-state index contributed by atoms with van der Waals surface area (Å²) in [6.45, 7) is 0. The highest BCUT2D eigenvalue weighted by Gasteiger charge is 2.19. The zero-order valence-electron chi connectivity index (χ0n) is 11.4. The highest BCUT2D eigenvalue weighted by atomic mass is 79.9. The second kappa shape index (κ2) is 6.75. The summed E-state index contributed by atoms with van der Waals surface area (Å²) < 4.78 is 24.0. The molecule has 2 nitrogen and oxygen atoms in total. The summed E-state index contributed by atoms with van der Waals surface area (Å²) in [5, 5.41) is 0. The molecule has 0 N–H and O–H groups in total. The lowest BCUT2D eigenvalue weighted by Crippen LogP contribution is -2.02. The number of hydrogen-bond acceptors (Lipinski definition) is 2. The van der Waals surface area contributed by atoms with E-state index in [-0.39, 0.29) is 10.6 Å². The van der Waals surface area contributed by atoms with Crippen LogP contribution in [0.3, 0.4) is 0 Å². The van der Waals surface area contributed by atoms with E-state index in [0.29, 0.717) is 6.42 Å². The van der Waals surface area contributed by atoms with Crippen LogP contribution in [-0.4, -0.2) is 14.2 Å². The van der Waals surface area contributed by atoms with Crippen molar-refractivity contribution in [3.63, 3.8) is 0 Å². The van der Waals surface area contributed by atoms with Crippen LogP contribution in [0.4, 0.5) is 4.39 Å². The first kappa shape index (κ1) is 14.9. The van der Waals surface area contributed by atoms with E-state index < -0.39 is 0 Å². The zero-order chi connectivity index (χ0) is 14.5. The van der Waals surface area contributed by atoms with Crippen LogP contribution in [0.1, 0.15) is 16.0 Å². The molecule has 0 fully saturated rings. The van der Waals surface area contributed by atoms with Crippen molar-refractivity contribution in [3.8, 4) is 11.5 Å². The Kier molecular flexibility index (Phi) is 5.01. The standard InChI is InChI=1S/C16H16BrFO2/c1-19-14-7-4-8-15(20-2)16(14)13(17)10-11-5-3-6-12(18)9-11/h3-9,13H,10H2,1-2H3. The van der Waals surface area contributed by atoms with Gasteiger partial charge in [0.1, 0.15) is 17.3 Å². The van der Waals surface area contributed by atoms with E-state index in [0.717, 1.165) is 22.6 Å². The Morgan fingerprint density at radius 1 is 1.05 bits per heavy atom. The van der Waals surface area contributed by atoms with Gasteiger partial charge in [-0.3, -0.25) is 0 Å². The monoisotopic (exact) mass is 338 g/mol. The second-order valence-corrected chi connectivity index (χ2v) is 5.48. The summed E-state index contributed by atoms with van der Waals surface area (Å²) in [5.41, 5.74) is 1.85. The molecule has 0 spiro atoms. The molecular formula is C16H16BrFO2. The summed E-state index contributed by atoms with van der Waals surface area (Å²) in [6, 6.07) is 12.2. The minimum Gasteiger partial charge on any atom is -0.496 e. The fraction of sp³-hybridized carbons (Fsp3) is 0.250. The van der Waals surface area contributed by atoms with Gasteiger partial charge in [-0.25, -0.2) is 4.39 Å². The number of methoxy groups -OCH3 is 2. The lowest BCUT2D eigenvalue weighted by Gasteiger charge is -2.17. The number of ether oxygens (including phenoxy) is 2. The molecule has 0 heterocycles. The van der Waals surface area contributed by atoms with E-state index in [1.165, 1.54) is 12.1 Å². The number of hydrogen-bond donors (Lipinski definition) is 0. The first-order chi connectivity index (χ1) is 9.65. The third-order valence-corrected chi connectivity index (χ3v) is 3.86. The topological polar surface area (TPSA) is 18.5 Å². The SMILES string of the molecule is COc1cccc(OC)c1C(Br)Cc1cccc(F)c1. The quantitative estimate of drug-likeness (QED) is 0.746. The molecule has 2 aromatic rings. The van der Waals surface area contributed by atoms with Crippen molar-refractivity contribution in [1.29, 1.82) is 0 Å². The first-order valence-electron chi connectivity index (χ1n) is 6.25. The van der Waals surface area contributed by atoms with Gasteiger partial charge >= 0.3 is 0 Å². The van der Waals surface area contributed by atoms with E-state index in [2.05, 4.69) is 15.9 Å². The van der Waals surface area contributed by atoms with Crippen molar-refractivity contribution in [2.45, 2.75) is 11.2 Å². The number of benzene rings is 2. The van der Waals surface area contributed by atoms with Crippen molar-refractivity contribution >= 4 is 15.9 Å². The molecule has 2 rings (SSSR count). The van der Waals surface area contributed by atoms with Gasteiger partial charge in [0.2, 0.25) is 0 Å². The van der Waals surface area contributed by atoms with Crippen molar-refractivity contribution < 1.29 is 13.9 Å². The van der Waals surface area contributed by atoms with E-state index in [9.17, 15) is 4.39 Å². The summed E-state index contributed by atoms with van der Waals surface area (Å²) in [5.74, 6) is 1.28. The van der Waals surface area contributed by atoms with E-state index >= 15 is 0 Å². The van der Waals surface area contributed by atoms with Crippen LogP contribution >= 0.6 is 15.9 Å². The summed E-state index contributed by atoms with van der Waals surface area (Å²) in [4.78, 5) is -0.0181. The minimum absolute atomic E-state index is 0.0181. The van der Waals surface area contributed by atoms with Crippen molar-refractivity contribution in [1.82, 2.24) is 0 Å². The molecule has 106 valence electrons. The third kappa shape index (κ3) is 3.31. The molecular weight excluding hydrogens is 323 g/mol. The average molecular weight is 339 g/mol. The molecule has 1 unspecified atom stereocenters. The van der Waals surface area contributed by atoms with Gasteiger partial charge in [0.15, 0.2) is 0 Å². The molecule has 0 aromatic heterocycles. The second-order valence-electron chi connectivity index (χ2n) is 4.38. The highest BCUT2D eigenvalue weighted by molar-refractivity contribution is 9.09. The highest BCUT2D eigenvalue weighted by Crippen LogP contribution is 2.40. The maximum Gasteiger partial charge on any atom is 0.126 e. The van der Waals surface area contributed by atoms with Gasteiger partial charge in [-0.2, -0.15) is 0 Å². The Bertz CT molecular complexity index is 564. The molecule has 0 saturated carbocycles. The van der Waals surface area contributed by atoms with Gasteiger partial charge in [0, 0.05) is 0 Å². The summed E-state index contributed by atoms with van der Waals surface area (Å²) >= 11 is 3.65. The van der Waals surface area contributed by atoms with Gasteiger partial charge < -0.3 is 9.47 Å². The van der Waals surface area contributed by atoms with Gasteiger partial charge in [-0.1, -0.05) is 34.1 Å². The molecule has 0 radical (unpaired) electrons. The van der Waals surface area contributed by atoms with E-state index in [4.69, 9.17) is 9.47 Å². The van der Waals surface area contributed by atoms with E-state index in [1.54, 1.807) is 20.3 Å². The van der Waals surface area contributed by atoms with Crippen LogP contribution in [0.2, 0.25) is 0 Å². The number of alkyl halides is 1.